The largest absolute Gasteiger partial charge is 0.459 e. The summed E-state index contributed by atoms with van der Waals surface area (Å²) in [5.74, 6) is -2.85. The van der Waals surface area contributed by atoms with Gasteiger partial charge in [-0.15, -0.1) is 6.58 Å². The Labute approximate surface area is 443 Å². The van der Waals surface area contributed by atoms with Gasteiger partial charge in [-0.2, -0.15) is 0 Å². The van der Waals surface area contributed by atoms with E-state index < -0.39 is 52.0 Å². The maximum Gasteiger partial charge on any atom is 0.412 e. The molecule has 6 rings (SSSR count). The molecule has 0 saturated heterocycles. The molecule has 0 unspecified atom stereocenters. The lowest BCUT2D eigenvalue weighted by Crippen LogP contribution is -2.70. The van der Waals surface area contributed by atoms with Crippen LogP contribution in [0.5, 0.6) is 11.5 Å². The van der Waals surface area contributed by atoms with Crippen molar-refractivity contribution in [1.82, 2.24) is 10.2 Å². The number of nitrogens with zero attached hydrogens (tertiary/aromatic N) is 3. The second-order valence-corrected chi connectivity index (χ2v) is 21.2. The third-order valence-corrected chi connectivity index (χ3v) is 14.5. The number of rotatable bonds is 30. The molecule has 1 aliphatic heterocycles. The number of unbranched alkanes of at least 4 members (excludes halogenated alkanes) is 11. The normalized spacial score (nSPS) is 21.4. The smallest absolute Gasteiger partial charge is 0.412 e. The minimum Gasteiger partial charge on any atom is -0.459 e. The van der Waals surface area contributed by atoms with E-state index in [-0.39, 0.29) is 50.3 Å². The SMILES string of the molecule is C=CCO[C@@]12Oc3ccc(OC(=O)NCCCCCCCCCCCC)cc3[C@H]3[C@H](CCCCO)[C@@H](CCCCO)C=C(C(=NOC(C)(C)C)C[C@@H]1N(Cc1ccc(F)cc1)C(=O)C=Cc1ccc([N+](=O)[O-])cc1)[C@H]32. The molecule has 3 aromatic rings. The first-order valence-electron chi connectivity index (χ1n) is 27.4. The van der Waals surface area contributed by atoms with Crippen molar-refractivity contribution in [3.63, 3.8) is 0 Å². The summed E-state index contributed by atoms with van der Waals surface area (Å²) in [5, 5.41) is 39.4. The summed E-state index contributed by atoms with van der Waals surface area (Å²) in [4.78, 5) is 47.6. The lowest BCUT2D eigenvalue weighted by atomic mass is 9.55. The van der Waals surface area contributed by atoms with Gasteiger partial charge in [0.05, 0.1) is 23.2 Å². The van der Waals surface area contributed by atoms with Crippen molar-refractivity contribution in [2.24, 2.45) is 22.9 Å². The number of amides is 2. The molecular weight excluding hydrogens is 956 g/mol. The van der Waals surface area contributed by atoms with Crippen molar-refractivity contribution in [1.29, 1.82) is 0 Å². The van der Waals surface area contributed by atoms with Gasteiger partial charge in [-0.05, 0) is 130 Å². The van der Waals surface area contributed by atoms with Crippen LogP contribution in [-0.2, 0) is 20.9 Å². The third kappa shape index (κ3) is 16.3. The number of benzene rings is 3. The summed E-state index contributed by atoms with van der Waals surface area (Å²) in [5.41, 5.74) is 2.61. The molecule has 14 nitrogen and oxygen atoms in total. The predicted molar refractivity (Wildman–Crippen MR) is 291 cm³/mol. The van der Waals surface area contributed by atoms with E-state index in [4.69, 9.17) is 24.2 Å². The zero-order valence-corrected chi connectivity index (χ0v) is 44.7. The molecule has 0 radical (unpaired) electrons. The van der Waals surface area contributed by atoms with E-state index in [1.807, 2.05) is 26.8 Å². The Bertz CT molecular complexity index is 2420. The number of fused-ring (bicyclic) bond motifs is 2. The Morgan fingerprint density at radius 1 is 0.920 bits per heavy atom. The molecule has 6 atom stereocenters. The molecule has 0 spiro atoms. The van der Waals surface area contributed by atoms with Crippen LogP contribution in [0.25, 0.3) is 6.08 Å². The second kappa shape index (κ2) is 28.8. The van der Waals surface area contributed by atoms with Gasteiger partial charge >= 0.3 is 6.09 Å². The van der Waals surface area contributed by atoms with E-state index in [1.165, 1.54) is 75.3 Å². The molecule has 3 aromatic carbocycles. The number of nitro benzene ring substituents is 1. The number of oxime groups is 1. The van der Waals surface area contributed by atoms with E-state index in [0.29, 0.717) is 60.6 Å². The number of nitrogens with one attached hydrogen (secondary N) is 1. The van der Waals surface area contributed by atoms with Gasteiger partial charge in [0.15, 0.2) is 0 Å². The average Bonchev–Trinajstić information content (AvgIpc) is 3.47. The van der Waals surface area contributed by atoms with Crippen LogP contribution in [0.3, 0.4) is 0 Å². The number of hydrogen-bond acceptors (Lipinski definition) is 11. The molecule has 3 aliphatic rings. The molecule has 2 aliphatic carbocycles. The summed E-state index contributed by atoms with van der Waals surface area (Å²) in [6.07, 6.45) is 22.4. The van der Waals surface area contributed by atoms with Crippen LogP contribution in [0.1, 0.15) is 159 Å². The fourth-order valence-corrected chi connectivity index (χ4v) is 10.9. The van der Waals surface area contributed by atoms with E-state index in [9.17, 15) is 29.5 Å². The van der Waals surface area contributed by atoms with Crippen LogP contribution in [0, 0.1) is 33.7 Å². The molecule has 1 saturated carbocycles. The number of halogens is 1. The lowest BCUT2D eigenvalue weighted by Gasteiger charge is -2.60. The van der Waals surface area contributed by atoms with Crippen LogP contribution < -0.4 is 14.8 Å². The molecule has 0 bridgehead atoms. The van der Waals surface area contributed by atoms with Gasteiger partial charge in [-0.25, -0.2) is 9.18 Å². The summed E-state index contributed by atoms with van der Waals surface area (Å²) in [6.45, 7) is 12.6. The van der Waals surface area contributed by atoms with E-state index in [0.717, 1.165) is 43.2 Å². The Kier molecular flexibility index (Phi) is 22.4. The van der Waals surface area contributed by atoms with Crippen LogP contribution in [-0.4, -0.2) is 81.5 Å². The van der Waals surface area contributed by atoms with Crippen molar-refractivity contribution >= 4 is 29.5 Å². The predicted octanol–water partition coefficient (Wildman–Crippen LogP) is 12.9. The van der Waals surface area contributed by atoms with Crippen molar-refractivity contribution in [2.45, 2.75) is 167 Å². The third-order valence-electron chi connectivity index (χ3n) is 14.5. The number of allylic oxidation sites excluding steroid dienone is 1. The molecule has 1 fully saturated rings. The van der Waals surface area contributed by atoms with Gasteiger partial charge < -0.3 is 39.5 Å². The zero-order valence-electron chi connectivity index (χ0n) is 44.7. The first kappa shape index (κ1) is 58.4. The van der Waals surface area contributed by atoms with Crippen molar-refractivity contribution in [3.8, 4) is 11.5 Å². The quantitative estimate of drug-likeness (QED) is 0.0191. The number of hydrogen-bond donors (Lipinski definition) is 3. The maximum atomic E-state index is 15.2. The summed E-state index contributed by atoms with van der Waals surface area (Å²) in [6, 6.07) is 16.3. The highest BCUT2D eigenvalue weighted by atomic mass is 19.1. The molecular formula is C60H81FN4O10. The molecule has 3 N–H and O–H groups in total. The highest BCUT2D eigenvalue weighted by Gasteiger charge is 2.65. The fourth-order valence-electron chi connectivity index (χ4n) is 10.9. The van der Waals surface area contributed by atoms with E-state index in [1.54, 1.807) is 53.5 Å². The molecule has 15 heteroatoms. The number of carbonyl (C=O) groups is 2. The highest BCUT2D eigenvalue weighted by molar-refractivity contribution is 6.03. The molecule has 1 heterocycles. The minimum atomic E-state index is -1.62. The zero-order chi connectivity index (χ0) is 53.8. The summed E-state index contributed by atoms with van der Waals surface area (Å²) in [7, 11) is 0. The van der Waals surface area contributed by atoms with E-state index >= 15 is 4.79 Å². The number of carbonyl (C=O) groups excluding carboxylic acids is 2. The number of nitro groups is 1. The summed E-state index contributed by atoms with van der Waals surface area (Å²) < 4.78 is 35.1. The van der Waals surface area contributed by atoms with Crippen molar-refractivity contribution in [2.75, 3.05) is 26.4 Å². The molecule has 0 aromatic heterocycles. The van der Waals surface area contributed by atoms with Crippen LogP contribution >= 0.6 is 0 Å². The lowest BCUT2D eigenvalue weighted by molar-refractivity contribution is -0.384. The number of aliphatic hydroxyl groups is 2. The first-order chi connectivity index (χ1) is 36.2. The van der Waals surface area contributed by atoms with Crippen molar-refractivity contribution in [3.05, 3.63) is 130 Å². The molecule has 75 heavy (non-hydrogen) atoms. The minimum absolute atomic E-state index is 0.00162. The number of ether oxygens (including phenoxy) is 3. The van der Waals surface area contributed by atoms with Gasteiger partial charge in [0.1, 0.15) is 29.0 Å². The van der Waals surface area contributed by atoms with Crippen molar-refractivity contribution < 1.29 is 48.2 Å². The van der Waals surface area contributed by atoms with Gasteiger partial charge in [0.25, 0.3) is 5.69 Å². The van der Waals surface area contributed by atoms with Crippen LogP contribution in [0.4, 0.5) is 14.9 Å². The number of non-ortho nitro benzene ring substituents is 1. The van der Waals surface area contributed by atoms with Gasteiger partial charge in [-0.3, -0.25) is 14.9 Å². The number of aliphatic hydroxyl groups excluding tert-OH is 2. The Hall–Kier alpha value is -5.90. The van der Waals surface area contributed by atoms with Gasteiger partial charge in [0.2, 0.25) is 11.7 Å². The fraction of sp³-hybridized carbons (Fsp3) is 0.550. The first-order valence-corrected chi connectivity index (χ1v) is 27.4. The average molecular weight is 1040 g/mol. The molecule has 408 valence electrons. The molecule has 2 amide bonds. The topological polar surface area (TPSA) is 182 Å². The Morgan fingerprint density at radius 3 is 2.23 bits per heavy atom. The standard InChI is InChI=1S/C60H81FN4O10/c1-6-8-9-10-11-12-13-14-15-18-35-62-58(69)73-48-32-33-53-51(40-48)56-49(22-17-20-37-67)45(21-16-19-36-66)39-50-52(63-75-59(3,4)5)41-54(60(74-53,57(50)56)72-38-7-2)64(42-44-23-28-46(61)29-24-44)55(68)34-27-43-25-30-47(31-26-43)65(70)71/h7,23-34,39-40,45,49,54,56-57,66-67H,2,6,8-22,35-38,41-42H2,1,3-5H3,(H,62,69)/t45-,49+,54-,56+,57+,60+/m0/s1. The second-order valence-electron chi connectivity index (χ2n) is 21.2. The van der Waals surface area contributed by atoms with E-state index in [2.05, 4.69) is 24.9 Å². The van der Waals surface area contributed by atoms with Crippen LogP contribution in [0.2, 0.25) is 0 Å². The monoisotopic (exact) mass is 1040 g/mol. The Morgan fingerprint density at radius 2 is 1.59 bits per heavy atom. The maximum absolute atomic E-state index is 15.2. The van der Waals surface area contributed by atoms with Gasteiger partial charge in [-0.1, -0.05) is 107 Å². The van der Waals surface area contributed by atoms with Gasteiger partial charge in [0, 0.05) is 62.4 Å². The summed E-state index contributed by atoms with van der Waals surface area (Å²) >= 11 is 0. The Balaban J connectivity index is 1.45. The van der Waals surface area contributed by atoms with Crippen LogP contribution in [0.15, 0.2) is 102 Å². The highest BCUT2D eigenvalue weighted by Crippen LogP contribution is 2.62.